The number of carbonyl (C=O) groups is 1. The van der Waals surface area contributed by atoms with Crippen LogP contribution in [0.3, 0.4) is 0 Å². The number of hydrogen-bond acceptors (Lipinski definition) is 4. The van der Waals surface area contributed by atoms with Crippen LogP contribution in [0.25, 0.3) is 0 Å². The summed E-state index contributed by atoms with van der Waals surface area (Å²) in [6, 6.07) is 0. The van der Waals surface area contributed by atoms with Crippen molar-refractivity contribution in [3.8, 4) is 6.19 Å². The standard InChI is InChI=1S/C10H16N4OS/c1-9(15)13-4-3-5-14(7-6-13)10(16-2)12-8-11/h3-7H2,1-2H3. The van der Waals surface area contributed by atoms with Gasteiger partial charge >= 0.3 is 0 Å². The van der Waals surface area contributed by atoms with Gasteiger partial charge in [0.25, 0.3) is 0 Å². The van der Waals surface area contributed by atoms with Gasteiger partial charge in [0.2, 0.25) is 12.1 Å². The van der Waals surface area contributed by atoms with Crippen molar-refractivity contribution in [1.29, 1.82) is 5.26 Å². The lowest BCUT2D eigenvalue weighted by Crippen LogP contribution is -2.35. The molecule has 1 heterocycles. The number of hydrogen-bond donors (Lipinski definition) is 0. The molecule has 1 aliphatic heterocycles. The smallest absolute Gasteiger partial charge is 0.219 e. The fourth-order valence-electron chi connectivity index (χ4n) is 1.71. The first-order valence-electron chi connectivity index (χ1n) is 5.20. The quantitative estimate of drug-likeness (QED) is 0.356. The Hall–Kier alpha value is -1.22. The number of nitriles is 1. The normalized spacial score (nSPS) is 17.9. The lowest BCUT2D eigenvalue weighted by atomic mass is 10.4. The molecule has 0 unspecified atom stereocenters. The zero-order chi connectivity index (χ0) is 12.0. The second-order valence-electron chi connectivity index (χ2n) is 3.55. The van der Waals surface area contributed by atoms with Gasteiger partial charge in [-0.05, 0) is 12.7 Å². The van der Waals surface area contributed by atoms with Gasteiger partial charge in [-0.15, -0.1) is 4.99 Å². The Labute approximate surface area is 100 Å². The summed E-state index contributed by atoms with van der Waals surface area (Å²) in [5, 5.41) is 9.31. The Bertz CT molecular complexity index is 323. The third kappa shape index (κ3) is 3.42. The van der Waals surface area contributed by atoms with Crippen LogP contribution in [0.15, 0.2) is 4.99 Å². The number of thioether (sulfide) groups is 1. The van der Waals surface area contributed by atoms with Gasteiger partial charge in [0.15, 0.2) is 5.17 Å². The van der Waals surface area contributed by atoms with Crippen molar-refractivity contribution < 1.29 is 4.79 Å². The maximum Gasteiger partial charge on any atom is 0.219 e. The number of aliphatic imine (C=N–C) groups is 1. The largest absolute Gasteiger partial charge is 0.349 e. The van der Waals surface area contributed by atoms with Crippen molar-refractivity contribution in [2.24, 2.45) is 4.99 Å². The van der Waals surface area contributed by atoms with E-state index in [1.165, 1.54) is 11.8 Å². The van der Waals surface area contributed by atoms with Crippen LogP contribution in [0.2, 0.25) is 0 Å². The first kappa shape index (κ1) is 12.8. The van der Waals surface area contributed by atoms with E-state index in [1.807, 2.05) is 17.3 Å². The van der Waals surface area contributed by atoms with Crippen molar-refractivity contribution in [2.45, 2.75) is 13.3 Å². The molecule has 0 spiro atoms. The molecule has 6 heteroatoms. The number of amides is 1. The molecule has 0 atom stereocenters. The highest BCUT2D eigenvalue weighted by Gasteiger charge is 2.18. The molecule has 88 valence electrons. The Morgan fingerprint density at radius 3 is 2.50 bits per heavy atom. The van der Waals surface area contributed by atoms with Crippen molar-refractivity contribution >= 4 is 22.8 Å². The molecule has 0 bridgehead atoms. The van der Waals surface area contributed by atoms with Gasteiger partial charge < -0.3 is 9.80 Å². The predicted octanol–water partition coefficient (Wildman–Crippen LogP) is 0.741. The molecule has 5 nitrogen and oxygen atoms in total. The van der Waals surface area contributed by atoms with Crippen molar-refractivity contribution in [3.63, 3.8) is 0 Å². The molecule has 1 aliphatic rings. The van der Waals surface area contributed by atoms with Gasteiger partial charge in [0, 0.05) is 33.1 Å². The summed E-state index contributed by atoms with van der Waals surface area (Å²) in [4.78, 5) is 18.9. The Kier molecular flexibility index (Phi) is 5.12. The van der Waals surface area contributed by atoms with E-state index in [0.717, 1.165) is 31.2 Å². The summed E-state index contributed by atoms with van der Waals surface area (Å²) in [5.41, 5.74) is 0. The maximum atomic E-state index is 11.2. The van der Waals surface area contributed by atoms with Gasteiger partial charge in [0.05, 0.1) is 0 Å². The van der Waals surface area contributed by atoms with E-state index in [2.05, 4.69) is 9.89 Å². The van der Waals surface area contributed by atoms with E-state index in [9.17, 15) is 4.79 Å². The van der Waals surface area contributed by atoms with E-state index < -0.39 is 0 Å². The van der Waals surface area contributed by atoms with Crippen LogP contribution in [-0.2, 0) is 4.79 Å². The average molecular weight is 240 g/mol. The second-order valence-corrected chi connectivity index (χ2v) is 4.32. The Morgan fingerprint density at radius 2 is 1.94 bits per heavy atom. The number of rotatable bonds is 0. The average Bonchev–Trinajstić information content (AvgIpc) is 2.51. The molecule has 0 radical (unpaired) electrons. The predicted molar refractivity (Wildman–Crippen MR) is 65.0 cm³/mol. The summed E-state index contributed by atoms with van der Waals surface area (Å²) >= 11 is 1.47. The number of carbonyl (C=O) groups excluding carboxylic acids is 1. The molecular weight excluding hydrogens is 224 g/mol. The summed E-state index contributed by atoms with van der Waals surface area (Å²) in [7, 11) is 0. The van der Waals surface area contributed by atoms with Crippen LogP contribution in [0.5, 0.6) is 0 Å². The van der Waals surface area contributed by atoms with E-state index >= 15 is 0 Å². The minimum absolute atomic E-state index is 0.116. The molecule has 1 amide bonds. The van der Waals surface area contributed by atoms with Gasteiger partial charge in [0.1, 0.15) is 0 Å². The molecule has 1 rings (SSSR count). The van der Waals surface area contributed by atoms with Crippen LogP contribution in [0.1, 0.15) is 13.3 Å². The first-order valence-corrected chi connectivity index (χ1v) is 6.42. The molecule has 0 aliphatic carbocycles. The molecule has 1 saturated heterocycles. The minimum Gasteiger partial charge on any atom is -0.349 e. The molecule has 0 aromatic carbocycles. The summed E-state index contributed by atoms with van der Waals surface area (Å²) in [5.74, 6) is 0.116. The van der Waals surface area contributed by atoms with Crippen molar-refractivity contribution in [3.05, 3.63) is 0 Å². The van der Waals surface area contributed by atoms with Crippen molar-refractivity contribution in [2.75, 3.05) is 32.4 Å². The summed E-state index contributed by atoms with van der Waals surface area (Å²) < 4.78 is 0. The maximum absolute atomic E-state index is 11.2. The molecule has 0 N–H and O–H groups in total. The first-order chi connectivity index (χ1) is 7.69. The van der Waals surface area contributed by atoms with Crippen LogP contribution in [-0.4, -0.2) is 53.3 Å². The zero-order valence-corrected chi connectivity index (χ0v) is 10.5. The van der Waals surface area contributed by atoms with Gasteiger partial charge in [-0.3, -0.25) is 4.79 Å². The highest BCUT2D eigenvalue weighted by atomic mass is 32.2. The lowest BCUT2D eigenvalue weighted by molar-refractivity contribution is -0.128. The van der Waals surface area contributed by atoms with Crippen molar-refractivity contribution in [1.82, 2.24) is 9.80 Å². The van der Waals surface area contributed by atoms with Crippen LogP contribution < -0.4 is 0 Å². The van der Waals surface area contributed by atoms with E-state index in [-0.39, 0.29) is 5.91 Å². The zero-order valence-electron chi connectivity index (χ0n) is 9.64. The highest BCUT2D eigenvalue weighted by Crippen LogP contribution is 2.10. The van der Waals surface area contributed by atoms with E-state index in [4.69, 9.17) is 5.26 Å². The molecule has 0 aromatic rings. The van der Waals surface area contributed by atoms with E-state index in [0.29, 0.717) is 6.54 Å². The Morgan fingerprint density at radius 1 is 1.31 bits per heavy atom. The molecule has 1 fully saturated rings. The fourth-order valence-corrected chi connectivity index (χ4v) is 2.28. The molecular formula is C10H16N4OS. The molecule has 16 heavy (non-hydrogen) atoms. The van der Waals surface area contributed by atoms with Gasteiger partial charge in [-0.2, -0.15) is 5.26 Å². The highest BCUT2D eigenvalue weighted by molar-refractivity contribution is 8.13. The van der Waals surface area contributed by atoms with E-state index in [1.54, 1.807) is 6.92 Å². The second kappa shape index (κ2) is 6.38. The Balaban J connectivity index is 2.63. The summed E-state index contributed by atoms with van der Waals surface area (Å²) in [6.45, 7) is 4.70. The minimum atomic E-state index is 0.116. The van der Waals surface area contributed by atoms with Crippen LogP contribution in [0, 0.1) is 11.5 Å². The molecule has 0 saturated carbocycles. The summed E-state index contributed by atoms with van der Waals surface area (Å²) in [6.07, 6.45) is 4.64. The number of nitrogens with zero attached hydrogens (tertiary/aromatic N) is 4. The fraction of sp³-hybridized carbons (Fsp3) is 0.700. The van der Waals surface area contributed by atoms with Crippen LogP contribution >= 0.6 is 11.8 Å². The van der Waals surface area contributed by atoms with Gasteiger partial charge in [-0.1, -0.05) is 11.8 Å². The topological polar surface area (TPSA) is 59.7 Å². The third-order valence-electron chi connectivity index (χ3n) is 2.54. The monoisotopic (exact) mass is 240 g/mol. The van der Waals surface area contributed by atoms with Crippen LogP contribution in [0.4, 0.5) is 0 Å². The lowest BCUT2D eigenvalue weighted by Gasteiger charge is -2.22. The van der Waals surface area contributed by atoms with Gasteiger partial charge in [-0.25, -0.2) is 0 Å². The third-order valence-corrected chi connectivity index (χ3v) is 3.25. The number of amidine groups is 1. The SMILES string of the molecule is CSC(=NC#N)N1CCCN(C(C)=O)CC1. The molecule has 0 aromatic heterocycles.